The highest BCUT2D eigenvalue weighted by molar-refractivity contribution is 5.79. The molecular formula is C21H28N6O. The third kappa shape index (κ3) is 5.22. The maximum absolute atomic E-state index is 5.96. The molecule has 7 heteroatoms. The number of pyridine rings is 1. The SMILES string of the molecule is CN=C(NCc1ccccc1OCCC(C)C)NCc1nnc2ccccn12. The molecule has 1 aromatic carbocycles. The van der Waals surface area contributed by atoms with Crippen LogP contribution in [-0.4, -0.2) is 34.2 Å². The number of aromatic nitrogens is 3. The van der Waals surface area contributed by atoms with Crippen molar-refractivity contribution in [2.24, 2.45) is 10.9 Å². The van der Waals surface area contributed by atoms with E-state index in [9.17, 15) is 0 Å². The second-order valence-corrected chi connectivity index (χ2v) is 6.96. The van der Waals surface area contributed by atoms with E-state index in [1.807, 2.05) is 47.0 Å². The molecule has 3 aromatic rings. The zero-order valence-electron chi connectivity index (χ0n) is 16.7. The monoisotopic (exact) mass is 380 g/mol. The largest absolute Gasteiger partial charge is 0.493 e. The van der Waals surface area contributed by atoms with Crippen LogP contribution in [0.25, 0.3) is 5.65 Å². The predicted octanol–water partition coefficient (Wildman–Crippen LogP) is 3.02. The van der Waals surface area contributed by atoms with E-state index < -0.39 is 0 Å². The van der Waals surface area contributed by atoms with Gasteiger partial charge in [-0.05, 0) is 30.5 Å². The van der Waals surface area contributed by atoms with Crippen LogP contribution in [0, 0.1) is 5.92 Å². The van der Waals surface area contributed by atoms with Gasteiger partial charge >= 0.3 is 0 Å². The number of benzene rings is 1. The number of aliphatic imine (C=N–C) groups is 1. The zero-order chi connectivity index (χ0) is 19.8. The third-order valence-electron chi connectivity index (χ3n) is 4.39. The van der Waals surface area contributed by atoms with Crippen molar-refractivity contribution in [1.29, 1.82) is 0 Å². The molecular weight excluding hydrogens is 352 g/mol. The van der Waals surface area contributed by atoms with E-state index in [-0.39, 0.29) is 0 Å². The molecule has 0 unspecified atom stereocenters. The summed E-state index contributed by atoms with van der Waals surface area (Å²) in [4.78, 5) is 4.29. The molecule has 7 nitrogen and oxygen atoms in total. The molecule has 0 spiro atoms. The summed E-state index contributed by atoms with van der Waals surface area (Å²) in [7, 11) is 1.75. The fraction of sp³-hybridized carbons (Fsp3) is 0.381. The van der Waals surface area contributed by atoms with Gasteiger partial charge in [0, 0.05) is 25.4 Å². The Morgan fingerprint density at radius 1 is 1.07 bits per heavy atom. The molecule has 0 amide bonds. The van der Waals surface area contributed by atoms with Crippen LogP contribution in [0.4, 0.5) is 0 Å². The van der Waals surface area contributed by atoms with E-state index >= 15 is 0 Å². The number of ether oxygens (including phenoxy) is 1. The van der Waals surface area contributed by atoms with Gasteiger partial charge in [-0.2, -0.15) is 0 Å². The van der Waals surface area contributed by atoms with Crippen molar-refractivity contribution in [2.45, 2.75) is 33.4 Å². The van der Waals surface area contributed by atoms with Gasteiger partial charge in [-0.1, -0.05) is 38.1 Å². The number of hydrogen-bond acceptors (Lipinski definition) is 4. The number of rotatable bonds is 8. The third-order valence-corrected chi connectivity index (χ3v) is 4.39. The van der Waals surface area contributed by atoms with Crippen LogP contribution < -0.4 is 15.4 Å². The van der Waals surface area contributed by atoms with Crippen molar-refractivity contribution < 1.29 is 4.74 Å². The van der Waals surface area contributed by atoms with Gasteiger partial charge in [0.1, 0.15) is 5.75 Å². The number of nitrogens with zero attached hydrogens (tertiary/aromatic N) is 4. The van der Waals surface area contributed by atoms with E-state index in [1.54, 1.807) is 7.05 Å². The molecule has 0 aliphatic rings. The molecule has 28 heavy (non-hydrogen) atoms. The summed E-state index contributed by atoms with van der Waals surface area (Å²) in [5.41, 5.74) is 1.93. The summed E-state index contributed by atoms with van der Waals surface area (Å²) in [6, 6.07) is 13.9. The Bertz CT molecular complexity index is 918. The number of guanidine groups is 1. The Kier molecular flexibility index (Phi) is 6.84. The summed E-state index contributed by atoms with van der Waals surface area (Å²) < 4.78 is 7.92. The lowest BCUT2D eigenvalue weighted by Gasteiger charge is -2.15. The molecule has 0 aliphatic heterocycles. The van der Waals surface area contributed by atoms with Crippen LogP contribution >= 0.6 is 0 Å². The second-order valence-electron chi connectivity index (χ2n) is 6.96. The highest BCUT2D eigenvalue weighted by atomic mass is 16.5. The van der Waals surface area contributed by atoms with E-state index in [0.717, 1.165) is 35.8 Å². The molecule has 0 radical (unpaired) electrons. The molecule has 3 rings (SSSR count). The summed E-state index contributed by atoms with van der Waals surface area (Å²) >= 11 is 0. The molecule has 148 valence electrons. The van der Waals surface area contributed by atoms with Gasteiger partial charge in [0.2, 0.25) is 0 Å². The highest BCUT2D eigenvalue weighted by Gasteiger charge is 2.08. The van der Waals surface area contributed by atoms with Gasteiger partial charge < -0.3 is 15.4 Å². The fourth-order valence-electron chi connectivity index (χ4n) is 2.77. The van der Waals surface area contributed by atoms with E-state index in [1.165, 1.54) is 0 Å². The van der Waals surface area contributed by atoms with E-state index in [0.29, 0.717) is 25.0 Å². The lowest BCUT2D eigenvalue weighted by atomic mass is 10.1. The van der Waals surface area contributed by atoms with Gasteiger partial charge in [0.25, 0.3) is 0 Å². The van der Waals surface area contributed by atoms with Gasteiger partial charge in [0.05, 0.1) is 13.2 Å². The molecule has 2 heterocycles. The van der Waals surface area contributed by atoms with Crippen molar-refractivity contribution in [3.05, 3.63) is 60.0 Å². The smallest absolute Gasteiger partial charge is 0.191 e. The van der Waals surface area contributed by atoms with Crippen LogP contribution in [0.15, 0.2) is 53.7 Å². The first-order chi connectivity index (χ1) is 13.7. The van der Waals surface area contributed by atoms with Gasteiger partial charge in [0.15, 0.2) is 17.4 Å². The van der Waals surface area contributed by atoms with Crippen LogP contribution in [-0.2, 0) is 13.1 Å². The molecule has 0 bridgehead atoms. The molecule has 0 fully saturated rings. The minimum atomic E-state index is 0.525. The van der Waals surface area contributed by atoms with Crippen molar-refractivity contribution in [2.75, 3.05) is 13.7 Å². The minimum absolute atomic E-state index is 0.525. The topological polar surface area (TPSA) is 75.8 Å². The maximum Gasteiger partial charge on any atom is 0.191 e. The lowest BCUT2D eigenvalue weighted by Crippen LogP contribution is -2.36. The lowest BCUT2D eigenvalue weighted by molar-refractivity contribution is 0.286. The molecule has 0 aliphatic carbocycles. The van der Waals surface area contributed by atoms with E-state index in [2.05, 4.69) is 45.7 Å². The van der Waals surface area contributed by atoms with Crippen LogP contribution in [0.2, 0.25) is 0 Å². The molecule has 2 aromatic heterocycles. The molecule has 0 saturated carbocycles. The van der Waals surface area contributed by atoms with Gasteiger partial charge in [-0.15, -0.1) is 10.2 Å². The van der Waals surface area contributed by atoms with Crippen molar-refractivity contribution in [3.8, 4) is 5.75 Å². The zero-order valence-corrected chi connectivity index (χ0v) is 16.7. The summed E-state index contributed by atoms with van der Waals surface area (Å²) in [5.74, 6) is 3.07. The van der Waals surface area contributed by atoms with Crippen LogP contribution in [0.5, 0.6) is 5.75 Å². The summed E-state index contributed by atoms with van der Waals surface area (Å²) in [6.07, 6.45) is 2.99. The van der Waals surface area contributed by atoms with Crippen LogP contribution in [0.1, 0.15) is 31.7 Å². The summed E-state index contributed by atoms with van der Waals surface area (Å²) in [5, 5.41) is 15.0. The van der Waals surface area contributed by atoms with Crippen molar-refractivity contribution in [1.82, 2.24) is 25.2 Å². The predicted molar refractivity (Wildman–Crippen MR) is 111 cm³/mol. The second kappa shape index (κ2) is 9.73. The number of fused-ring (bicyclic) bond motifs is 1. The number of para-hydroxylation sites is 1. The average Bonchev–Trinajstić information content (AvgIpc) is 3.12. The minimum Gasteiger partial charge on any atom is -0.493 e. The Morgan fingerprint density at radius 2 is 1.86 bits per heavy atom. The van der Waals surface area contributed by atoms with Crippen LogP contribution in [0.3, 0.4) is 0 Å². The van der Waals surface area contributed by atoms with Crippen molar-refractivity contribution in [3.63, 3.8) is 0 Å². The molecule has 2 N–H and O–H groups in total. The first-order valence-corrected chi connectivity index (χ1v) is 9.61. The Balaban J connectivity index is 1.56. The molecule has 0 saturated heterocycles. The maximum atomic E-state index is 5.96. The first-order valence-electron chi connectivity index (χ1n) is 9.61. The normalized spacial score (nSPS) is 11.8. The van der Waals surface area contributed by atoms with Crippen molar-refractivity contribution >= 4 is 11.6 Å². The van der Waals surface area contributed by atoms with Gasteiger partial charge in [-0.3, -0.25) is 9.39 Å². The fourth-order valence-corrected chi connectivity index (χ4v) is 2.77. The standard InChI is InChI=1S/C21H28N6O/c1-16(2)11-13-28-18-9-5-4-8-17(18)14-23-21(22-3)24-15-20-26-25-19-10-6-7-12-27(19)20/h4-10,12,16H,11,13-15H2,1-3H3,(H2,22,23,24). The molecule has 0 atom stereocenters. The number of hydrogen-bond donors (Lipinski definition) is 2. The Morgan fingerprint density at radius 3 is 2.68 bits per heavy atom. The first kappa shape index (κ1) is 19.7. The average molecular weight is 380 g/mol. The quantitative estimate of drug-likeness (QED) is 0.464. The Labute approximate surface area is 165 Å². The highest BCUT2D eigenvalue weighted by Crippen LogP contribution is 2.18. The Hall–Kier alpha value is -3.09. The van der Waals surface area contributed by atoms with E-state index in [4.69, 9.17) is 4.74 Å². The summed E-state index contributed by atoms with van der Waals surface area (Å²) in [6.45, 7) is 6.27. The van der Waals surface area contributed by atoms with Gasteiger partial charge in [-0.25, -0.2) is 0 Å². The number of nitrogens with one attached hydrogen (secondary N) is 2.